The van der Waals surface area contributed by atoms with Gasteiger partial charge in [-0.3, -0.25) is 35.1 Å². The van der Waals surface area contributed by atoms with E-state index in [0.29, 0.717) is 11.1 Å². The molecule has 0 aliphatic rings. The first-order valence-corrected chi connectivity index (χ1v) is 9.13. The summed E-state index contributed by atoms with van der Waals surface area (Å²) in [5.74, 6) is -0.866. The molecule has 0 aliphatic carbocycles. The van der Waals surface area contributed by atoms with Crippen molar-refractivity contribution in [3.05, 3.63) is 97.7 Å². The number of nitro benzene ring substituents is 1. The van der Waals surface area contributed by atoms with Crippen LogP contribution in [0.4, 0.5) is 15.8 Å². The number of carbonyl (C=O) groups is 2. The Morgan fingerprint density at radius 1 is 1.00 bits per heavy atom. The quantitative estimate of drug-likeness (QED) is 0.260. The van der Waals surface area contributed by atoms with Gasteiger partial charge < -0.3 is 0 Å². The standard InChI is InChI=1S/C19H12N4O6S/c24-16(9-4-12-2-1-3-15(10-12)22(26)27)13-5-7-14(8-6-13)18(25)21-19-20-11-17(30-19)23(28)29/h1-11H,(H,20,21,25)/b9-4+. The average Bonchev–Trinajstić information content (AvgIpc) is 3.21. The summed E-state index contributed by atoms with van der Waals surface area (Å²) in [6.07, 6.45) is 3.80. The first kappa shape index (κ1) is 20.5. The van der Waals surface area contributed by atoms with Crippen molar-refractivity contribution >= 4 is 44.9 Å². The number of hydrogen-bond donors (Lipinski definition) is 1. The number of nitro groups is 2. The van der Waals surface area contributed by atoms with Gasteiger partial charge in [-0.1, -0.05) is 30.3 Å². The maximum absolute atomic E-state index is 12.3. The van der Waals surface area contributed by atoms with Gasteiger partial charge in [0.15, 0.2) is 10.9 Å². The number of thiazole rings is 1. The smallest absolute Gasteiger partial charge is 0.298 e. The lowest BCUT2D eigenvalue weighted by Gasteiger charge is -2.02. The molecule has 0 saturated heterocycles. The predicted octanol–water partition coefficient (Wildman–Crippen LogP) is 4.11. The number of anilines is 1. The fourth-order valence-electron chi connectivity index (χ4n) is 2.37. The van der Waals surface area contributed by atoms with Crippen LogP contribution in [0.5, 0.6) is 0 Å². The predicted molar refractivity (Wildman–Crippen MR) is 110 cm³/mol. The zero-order valence-corrected chi connectivity index (χ0v) is 15.9. The number of nitrogens with zero attached hydrogens (tertiary/aromatic N) is 3. The molecule has 0 saturated carbocycles. The fourth-order valence-corrected chi connectivity index (χ4v) is 3.00. The molecule has 0 spiro atoms. The molecule has 30 heavy (non-hydrogen) atoms. The number of aromatic nitrogens is 1. The van der Waals surface area contributed by atoms with Gasteiger partial charge >= 0.3 is 5.00 Å². The van der Waals surface area contributed by atoms with Crippen molar-refractivity contribution in [2.75, 3.05) is 5.32 Å². The summed E-state index contributed by atoms with van der Waals surface area (Å²) < 4.78 is 0. The summed E-state index contributed by atoms with van der Waals surface area (Å²) >= 11 is 0.732. The van der Waals surface area contributed by atoms with Crippen LogP contribution in [-0.4, -0.2) is 26.5 Å². The van der Waals surface area contributed by atoms with Crippen LogP contribution in [0.2, 0.25) is 0 Å². The van der Waals surface area contributed by atoms with E-state index < -0.39 is 15.8 Å². The van der Waals surface area contributed by atoms with Crippen molar-refractivity contribution in [1.82, 2.24) is 4.98 Å². The summed E-state index contributed by atoms with van der Waals surface area (Å²) in [5.41, 5.74) is 0.988. The molecule has 11 heteroatoms. The van der Waals surface area contributed by atoms with Crippen molar-refractivity contribution in [3.8, 4) is 0 Å². The molecule has 3 rings (SSSR count). The monoisotopic (exact) mass is 424 g/mol. The average molecular weight is 424 g/mol. The topological polar surface area (TPSA) is 145 Å². The Kier molecular flexibility index (Phi) is 6.03. The number of allylic oxidation sites excluding steroid dienone is 1. The van der Waals surface area contributed by atoms with E-state index in [1.165, 1.54) is 54.6 Å². The van der Waals surface area contributed by atoms with Gasteiger partial charge in [-0.25, -0.2) is 4.98 Å². The van der Waals surface area contributed by atoms with E-state index in [-0.39, 0.29) is 27.2 Å². The maximum Gasteiger partial charge on any atom is 0.345 e. The summed E-state index contributed by atoms with van der Waals surface area (Å²) in [4.78, 5) is 48.6. The van der Waals surface area contributed by atoms with Crippen LogP contribution in [0.3, 0.4) is 0 Å². The molecule has 0 radical (unpaired) electrons. The lowest BCUT2D eigenvalue weighted by atomic mass is 10.1. The first-order chi connectivity index (χ1) is 14.3. The number of hydrogen-bond acceptors (Lipinski definition) is 8. The SMILES string of the molecule is O=C(/C=C/c1cccc([N+](=O)[O-])c1)c1ccc(C(=O)Nc2ncc([N+](=O)[O-])s2)cc1. The third-order valence-electron chi connectivity index (χ3n) is 3.83. The highest BCUT2D eigenvalue weighted by Gasteiger charge is 2.14. The zero-order chi connectivity index (χ0) is 21.7. The summed E-state index contributed by atoms with van der Waals surface area (Å²) in [6.45, 7) is 0. The number of carbonyl (C=O) groups excluding carboxylic acids is 2. The minimum atomic E-state index is -0.602. The Balaban J connectivity index is 1.66. The van der Waals surface area contributed by atoms with Crippen LogP contribution < -0.4 is 5.32 Å². The van der Waals surface area contributed by atoms with Crippen LogP contribution in [-0.2, 0) is 0 Å². The second-order valence-electron chi connectivity index (χ2n) is 5.84. The molecule has 0 atom stereocenters. The molecule has 1 N–H and O–H groups in total. The van der Waals surface area contributed by atoms with Crippen molar-refractivity contribution in [3.63, 3.8) is 0 Å². The number of non-ortho nitro benzene ring substituents is 1. The Morgan fingerprint density at radius 2 is 1.70 bits per heavy atom. The Morgan fingerprint density at radius 3 is 2.33 bits per heavy atom. The number of ketones is 1. The summed E-state index contributed by atoms with van der Waals surface area (Å²) in [5, 5.41) is 23.8. The zero-order valence-electron chi connectivity index (χ0n) is 15.1. The summed E-state index contributed by atoms with van der Waals surface area (Å²) in [6, 6.07) is 11.6. The molecule has 0 unspecified atom stereocenters. The van der Waals surface area contributed by atoms with Crippen molar-refractivity contribution in [1.29, 1.82) is 0 Å². The molecule has 2 aromatic carbocycles. The maximum atomic E-state index is 12.3. The van der Waals surface area contributed by atoms with Gasteiger partial charge in [0.1, 0.15) is 6.20 Å². The molecule has 1 aromatic heterocycles. The third-order valence-corrected chi connectivity index (χ3v) is 4.70. The van der Waals surface area contributed by atoms with Gasteiger partial charge in [0.05, 0.1) is 9.85 Å². The van der Waals surface area contributed by atoms with E-state index in [1.807, 2.05) is 0 Å². The third kappa shape index (κ3) is 4.97. The second kappa shape index (κ2) is 8.84. The van der Waals surface area contributed by atoms with E-state index >= 15 is 0 Å². The van der Waals surface area contributed by atoms with Gasteiger partial charge in [-0.15, -0.1) is 0 Å². The molecule has 150 valence electrons. The normalized spacial score (nSPS) is 10.7. The fraction of sp³-hybridized carbons (Fsp3) is 0. The van der Waals surface area contributed by atoms with Crippen LogP contribution in [0.25, 0.3) is 6.08 Å². The van der Waals surface area contributed by atoms with Gasteiger partial charge in [0.2, 0.25) is 0 Å². The highest BCUT2D eigenvalue weighted by molar-refractivity contribution is 7.18. The Labute approximate surface area is 172 Å². The van der Waals surface area contributed by atoms with Crippen LogP contribution in [0.1, 0.15) is 26.3 Å². The number of rotatable bonds is 7. The molecular formula is C19H12N4O6S. The van der Waals surface area contributed by atoms with Crippen molar-refractivity contribution < 1.29 is 19.4 Å². The molecule has 1 heterocycles. The Bertz CT molecular complexity index is 1170. The second-order valence-corrected chi connectivity index (χ2v) is 6.85. The lowest BCUT2D eigenvalue weighted by Crippen LogP contribution is -2.11. The largest absolute Gasteiger partial charge is 0.345 e. The van der Waals surface area contributed by atoms with E-state index in [4.69, 9.17) is 0 Å². The van der Waals surface area contributed by atoms with E-state index in [0.717, 1.165) is 17.5 Å². The van der Waals surface area contributed by atoms with Gasteiger partial charge in [-0.05, 0) is 35.1 Å². The van der Waals surface area contributed by atoms with Crippen molar-refractivity contribution in [2.45, 2.75) is 0 Å². The first-order valence-electron chi connectivity index (χ1n) is 8.32. The molecule has 1 amide bonds. The summed E-state index contributed by atoms with van der Waals surface area (Å²) in [7, 11) is 0. The van der Waals surface area contributed by atoms with E-state index in [2.05, 4.69) is 10.3 Å². The highest BCUT2D eigenvalue weighted by Crippen LogP contribution is 2.25. The molecule has 10 nitrogen and oxygen atoms in total. The molecular weight excluding hydrogens is 412 g/mol. The number of nitrogens with one attached hydrogen (secondary N) is 1. The van der Waals surface area contributed by atoms with Crippen LogP contribution in [0.15, 0.2) is 60.8 Å². The van der Waals surface area contributed by atoms with Gasteiger partial charge in [-0.2, -0.15) is 0 Å². The molecule has 3 aromatic rings. The molecule has 0 aliphatic heterocycles. The minimum Gasteiger partial charge on any atom is -0.298 e. The van der Waals surface area contributed by atoms with Gasteiger partial charge in [0, 0.05) is 23.3 Å². The molecule has 0 bridgehead atoms. The van der Waals surface area contributed by atoms with Crippen LogP contribution in [0, 0.1) is 20.2 Å². The van der Waals surface area contributed by atoms with E-state index in [9.17, 15) is 29.8 Å². The highest BCUT2D eigenvalue weighted by atomic mass is 32.1. The lowest BCUT2D eigenvalue weighted by molar-refractivity contribution is -0.384. The minimum absolute atomic E-state index is 0.0782. The number of benzene rings is 2. The number of amides is 1. The van der Waals surface area contributed by atoms with Crippen molar-refractivity contribution in [2.24, 2.45) is 0 Å². The molecule has 0 fully saturated rings. The van der Waals surface area contributed by atoms with E-state index in [1.54, 1.807) is 6.07 Å². The Hall–Kier alpha value is -4.25. The van der Waals surface area contributed by atoms with Crippen LogP contribution >= 0.6 is 11.3 Å². The van der Waals surface area contributed by atoms with Gasteiger partial charge in [0.25, 0.3) is 11.6 Å².